The molecule has 2 nitrogen and oxygen atoms in total. The monoisotopic (exact) mass is 254 g/mol. The maximum Gasteiger partial charge on any atom is 0.157 e. The molecule has 16 heavy (non-hydrogen) atoms. The van der Waals surface area contributed by atoms with Crippen molar-refractivity contribution in [3.05, 3.63) is 22.4 Å². The second-order valence-electron chi connectivity index (χ2n) is 3.93. The zero-order chi connectivity index (χ0) is 11.4. The van der Waals surface area contributed by atoms with Gasteiger partial charge in [0.1, 0.15) is 0 Å². The third kappa shape index (κ3) is 2.80. The molecule has 0 aliphatic carbocycles. The lowest BCUT2D eigenvalue weighted by Crippen LogP contribution is -2.24. The number of nitrogens with zero attached hydrogens (tertiary/aromatic N) is 1. The van der Waals surface area contributed by atoms with Crippen LogP contribution in [0.25, 0.3) is 0 Å². The number of thiophene rings is 1. The highest BCUT2D eigenvalue weighted by molar-refractivity contribution is 8.14. The third-order valence-electron chi connectivity index (χ3n) is 2.78. The zero-order valence-electron chi connectivity index (χ0n) is 9.77. The fourth-order valence-corrected chi connectivity index (χ4v) is 3.69. The van der Waals surface area contributed by atoms with E-state index in [-0.39, 0.29) is 0 Å². The molecular formula is C12H18N2S2. The van der Waals surface area contributed by atoms with E-state index in [9.17, 15) is 0 Å². The van der Waals surface area contributed by atoms with Gasteiger partial charge in [0.2, 0.25) is 0 Å². The lowest BCUT2D eigenvalue weighted by atomic mass is 10.2. The summed E-state index contributed by atoms with van der Waals surface area (Å²) in [5.74, 6) is 1.14. The standard InChI is InChI=1S/C12H18N2S2/c1-3-9-8-16-12(13-9)14-10(4-2)11-6-5-7-15-11/h5-7,9-10H,3-4,8H2,1-2H3,(H,13,14). The van der Waals surface area contributed by atoms with Gasteiger partial charge in [-0.05, 0) is 24.3 Å². The molecule has 0 amide bonds. The molecule has 2 rings (SSSR count). The van der Waals surface area contributed by atoms with Crippen LogP contribution in [0.3, 0.4) is 0 Å². The summed E-state index contributed by atoms with van der Waals surface area (Å²) in [6, 6.07) is 5.27. The Morgan fingerprint density at radius 1 is 1.56 bits per heavy atom. The van der Waals surface area contributed by atoms with Gasteiger partial charge in [-0.25, -0.2) is 0 Å². The summed E-state index contributed by atoms with van der Waals surface area (Å²) in [7, 11) is 0. The summed E-state index contributed by atoms with van der Waals surface area (Å²) < 4.78 is 0. The number of nitrogens with one attached hydrogen (secondary N) is 1. The lowest BCUT2D eigenvalue weighted by molar-refractivity contribution is 0.636. The molecule has 2 unspecified atom stereocenters. The van der Waals surface area contributed by atoms with Gasteiger partial charge in [0.15, 0.2) is 5.17 Å². The predicted molar refractivity (Wildman–Crippen MR) is 74.5 cm³/mol. The first-order chi connectivity index (χ1) is 7.83. The Bertz CT molecular complexity index is 346. The molecular weight excluding hydrogens is 236 g/mol. The summed E-state index contributed by atoms with van der Waals surface area (Å²) in [5, 5.41) is 6.82. The molecule has 0 saturated carbocycles. The van der Waals surface area contributed by atoms with Gasteiger partial charge in [-0.1, -0.05) is 31.7 Å². The van der Waals surface area contributed by atoms with Gasteiger partial charge >= 0.3 is 0 Å². The van der Waals surface area contributed by atoms with Gasteiger partial charge in [-0.3, -0.25) is 4.99 Å². The van der Waals surface area contributed by atoms with E-state index in [1.807, 2.05) is 23.1 Å². The van der Waals surface area contributed by atoms with Gasteiger partial charge in [0.25, 0.3) is 0 Å². The fraction of sp³-hybridized carbons (Fsp3) is 0.583. The highest BCUT2D eigenvalue weighted by Gasteiger charge is 2.19. The van der Waals surface area contributed by atoms with Crippen LogP contribution >= 0.6 is 23.1 Å². The number of thioether (sulfide) groups is 1. The average Bonchev–Trinajstić information content (AvgIpc) is 2.96. The molecule has 88 valence electrons. The largest absolute Gasteiger partial charge is 0.357 e. The van der Waals surface area contributed by atoms with Crippen molar-refractivity contribution in [3.8, 4) is 0 Å². The molecule has 2 heterocycles. The number of amidine groups is 1. The molecule has 0 aromatic carbocycles. The van der Waals surface area contributed by atoms with Crippen molar-refractivity contribution in [1.29, 1.82) is 0 Å². The van der Waals surface area contributed by atoms with Gasteiger partial charge < -0.3 is 5.32 Å². The Balaban J connectivity index is 1.98. The Morgan fingerprint density at radius 2 is 2.44 bits per heavy atom. The van der Waals surface area contributed by atoms with Crippen molar-refractivity contribution in [2.45, 2.75) is 38.8 Å². The molecule has 0 fully saturated rings. The number of hydrogen-bond donors (Lipinski definition) is 1. The minimum absolute atomic E-state index is 0.432. The summed E-state index contributed by atoms with van der Waals surface area (Å²) >= 11 is 3.68. The van der Waals surface area contributed by atoms with Crippen LogP contribution in [0.1, 0.15) is 37.6 Å². The first-order valence-electron chi connectivity index (χ1n) is 5.84. The van der Waals surface area contributed by atoms with Crippen molar-refractivity contribution < 1.29 is 0 Å². The Kier molecular flexibility index (Phi) is 4.29. The van der Waals surface area contributed by atoms with E-state index >= 15 is 0 Å². The van der Waals surface area contributed by atoms with Crippen LogP contribution < -0.4 is 5.32 Å². The van der Waals surface area contributed by atoms with Crippen molar-refractivity contribution in [2.75, 3.05) is 5.75 Å². The van der Waals surface area contributed by atoms with Crippen molar-refractivity contribution in [3.63, 3.8) is 0 Å². The molecule has 2 atom stereocenters. The van der Waals surface area contributed by atoms with Crippen molar-refractivity contribution >= 4 is 28.3 Å². The van der Waals surface area contributed by atoms with E-state index in [4.69, 9.17) is 0 Å². The Hall–Kier alpha value is -0.480. The number of aliphatic imine (C=N–C) groups is 1. The summed E-state index contributed by atoms with van der Waals surface area (Å²) in [6.45, 7) is 4.42. The average molecular weight is 254 g/mol. The summed E-state index contributed by atoms with van der Waals surface area (Å²) in [4.78, 5) is 6.09. The quantitative estimate of drug-likeness (QED) is 0.886. The molecule has 1 N–H and O–H groups in total. The maximum absolute atomic E-state index is 4.68. The topological polar surface area (TPSA) is 24.4 Å². The summed E-state index contributed by atoms with van der Waals surface area (Å²) in [5.41, 5.74) is 0. The van der Waals surface area contributed by atoms with Crippen molar-refractivity contribution in [2.24, 2.45) is 4.99 Å². The third-order valence-corrected chi connectivity index (χ3v) is 4.81. The first-order valence-corrected chi connectivity index (χ1v) is 7.70. The van der Waals surface area contributed by atoms with Crippen LogP contribution in [-0.2, 0) is 0 Å². The second-order valence-corrected chi connectivity index (χ2v) is 5.92. The molecule has 0 saturated heterocycles. The van der Waals surface area contributed by atoms with Gasteiger partial charge in [-0.15, -0.1) is 11.3 Å². The predicted octanol–water partition coefficient (Wildman–Crippen LogP) is 3.67. The van der Waals surface area contributed by atoms with E-state index in [1.165, 1.54) is 4.88 Å². The second kappa shape index (κ2) is 5.73. The molecule has 0 spiro atoms. The van der Waals surface area contributed by atoms with Gasteiger partial charge in [0.05, 0.1) is 12.1 Å². The first kappa shape index (κ1) is 12.0. The van der Waals surface area contributed by atoms with Crippen LogP contribution in [0.5, 0.6) is 0 Å². The van der Waals surface area contributed by atoms with Gasteiger partial charge in [-0.2, -0.15) is 0 Å². The van der Waals surface area contributed by atoms with E-state index in [2.05, 4.69) is 41.7 Å². The fourth-order valence-electron chi connectivity index (χ4n) is 1.72. The number of hydrogen-bond acceptors (Lipinski definition) is 4. The Labute approximate surface area is 106 Å². The molecule has 1 aromatic heterocycles. The van der Waals surface area contributed by atoms with Gasteiger partial charge in [0, 0.05) is 10.6 Å². The molecule has 0 bridgehead atoms. The lowest BCUT2D eigenvalue weighted by Gasteiger charge is -2.15. The number of rotatable bonds is 4. The SMILES string of the molecule is CCC1CSC(NC(CC)c2cccs2)=N1. The zero-order valence-corrected chi connectivity index (χ0v) is 11.4. The van der Waals surface area contributed by atoms with E-state index in [0.29, 0.717) is 12.1 Å². The Morgan fingerprint density at radius 3 is 3.00 bits per heavy atom. The maximum atomic E-state index is 4.68. The smallest absolute Gasteiger partial charge is 0.157 e. The molecule has 4 heteroatoms. The van der Waals surface area contributed by atoms with E-state index in [0.717, 1.165) is 23.8 Å². The molecule has 1 aliphatic heterocycles. The van der Waals surface area contributed by atoms with E-state index in [1.54, 1.807) is 0 Å². The molecule has 1 aliphatic rings. The normalized spacial score (nSPS) is 21.9. The summed E-state index contributed by atoms with van der Waals surface area (Å²) in [6.07, 6.45) is 2.25. The van der Waals surface area contributed by atoms with Crippen LogP contribution in [-0.4, -0.2) is 17.0 Å². The van der Waals surface area contributed by atoms with Crippen molar-refractivity contribution in [1.82, 2.24) is 5.32 Å². The van der Waals surface area contributed by atoms with E-state index < -0.39 is 0 Å². The van der Waals surface area contributed by atoms with Crippen LogP contribution in [0.15, 0.2) is 22.5 Å². The van der Waals surface area contributed by atoms with Crippen LogP contribution in [0.2, 0.25) is 0 Å². The highest BCUT2D eigenvalue weighted by atomic mass is 32.2. The molecule has 1 aromatic rings. The highest BCUT2D eigenvalue weighted by Crippen LogP contribution is 2.25. The van der Waals surface area contributed by atoms with Crippen LogP contribution in [0.4, 0.5) is 0 Å². The van der Waals surface area contributed by atoms with Crippen LogP contribution in [0, 0.1) is 0 Å². The minimum atomic E-state index is 0.432. The molecule has 0 radical (unpaired) electrons. The minimum Gasteiger partial charge on any atom is -0.357 e.